The van der Waals surface area contributed by atoms with E-state index in [1.54, 1.807) is 6.92 Å². The van der Waals surface area contributed by atoms with Crippen LogP contribution >= 0.6 is 7.82 Å². The van der Waals surface area contributed by atoms with Gasteiger partial charge in [-0.15, -0.1) is 0 Å². The first-order valence-corrected chi connectivity index (χ1v) is 6.06. The van der Waals surface area contributed by atoms with Crippen LogP contribution in [0, 0.1) is 17.0 Å². The Morgan fingerprint density at radius 3 is 2.11 bits per heavy atom. The Morgan fingerprint density at radius 1 is 1.33 bits per heavy atom. The molecule has 0 aliphatic rings. The molecule has 0 amide bonds. The zero-order chi connectivity index (χ0) is 14.3. The van der Waals surface area contributed by atoms with E-state index in [9.17, 15) is 19.6 Å². The largest absolute Gasteiger partial charge is 0.756 e. The Balaban J connectivity index is 0.000000360. The van der Waals surface area contributed by atoms with Gasteiger partial charge >= 0.3 is 0 Å². The lowest BCUT2D eigenvalue weighted by molar-refractivity contribution is -0.385. The average Bonchev–Trinajstić information content (AvgIpc) is 2.29. The molecule has 0 heterocycles. The molecule has 0 spiro atoms. The Bertz CT molecular complexity index is 454. The highest BCUT2D eigenvalue weighted by Crippen LogP contribution is 2.34. The van der Waals surface area contributed by atoms with Crippen molar-refractivity contribution in [1.29, 1.82) is 0 Å². The second kappa shape index (κ2) is 7.07. The van der Waals surface area contributed by atoms with Gasteiger partial charge in [-0.25, -0.2) is 0 Å². The summed E-state index contributed by atoms with van der Waals surface area (Å²) in [6, 6.07) is 3.94. The molecule has 0 aliphatic carbocycles. The van der Waals surface area contributed by atoms with Crippen LogP contribution in [0.4, 0.5) is 5.69 Å². The number of phenols is 1. The van der Waals surface area contributed by atoms with Crippen molar-refractivity contribution in [2.75, 3.05) is 14.2 Å². The van der Waals surface area contributed by atoms with E-state index in [4.69, 9.17) is 5.11 Å². The Labute approximate surface area is 104 Å². The molecular formula is C9H13NO7P-. The van der Waals surface area contributed by atoms with Crippen molar-refractivity contribution < 1.29 is 28.5 Å². The number of hydrogen-bond acceptors (Lipinski definition) is 7. The van der Waals surface area contributed by atoms with Crippen molar-refractivity contribution in [3.05, 3.63) is 33.9 Å². The fraction of sp³-hybridized carbons (Fsp3) is 0.333. The van der Waals surface area contributed by atoms with Gasteiger partial charge < -0.3 is 19.0 Å². The predicted octanol–water partition coefficient (Wildman–Crippen LogP) is 1.36. The quantitative estimate of drug-likeness (QED) is 0.503. The summed E-state index contributed by atoms with van der Waals surface area (Å²) in [5, 5.41) is 19.2. The maximum absolute atomic E-state index is 10.3. The molecule has 1 aromatic carbocycles. The number of phenolic OH excluding ortho intramolecular Hbond substituents is 1. The summed E-state index contributed by atoms with van der Waals surface area (Å²) in [4.78, 5) is 19.7. The third kappa shape index (κ3) is 5.74. The number of nitro benzene ring substituents is 1. The van der Waals surface area contributed by atoms with Crippen LogP contribution in [0.5, 0.6) is 5.75 Å². The molecule has 0 aromatic heterocycles. The predicted molar refractivity (Wildman–Crippen MR) is 61.1 cm³/mol. The number of benzene rings is 1. The summed E-state index contributed by atoms with van der Waals surface area (Å²) in [6.07, 6.45) is 0. The number of phosphoric acid groups is 1. The summed E-state index contributed by atoms with van der Waals surface area (Å²) < 4.78 is 17.7. The fourth-order valence-corrected chi connectivity index (χ4v) is 1.07. The molecule has 8 nitrogen and oxygen atoms in total. The van der Waals surface area contributed by atoms with Crippen molar-refractivity contribution in [2.24, 2.45) is 0 Å². The van der Waals surface area contributed by atoms with Crippen molar-refractivity contribution in [2.45, 2.75) is 6.92 Å². The first-order valence-electron chi connectivity index (χ1n) is 4.60. The van der Waals surface area contributed by atoms with E-state index < -0.39 is 12.7 Å². The molecule has 0 fully saturated rings. The minimum atomic E-state index is -3.90. The number of phosphoric ester groups is 1. The van der Waals surface area contributed by atoms with E-state index in [1.807, 2.05) is 0 Å². The molecule has 0 unspecified atom stereocenters. The molecule has 0 saturated carbocycles. The van der Waals surface area contributed by atoms with Crippen LogP contribution in [0.25, 0.3) is 0 Å². The van der Waals surface area contributed by atoms with Crippen molar-refractivity contribution in [1.82, 2.24) is 0 Å². The standard InChI is InChI=1S/C7H7NO3.C2H7O4P/c1-5-4-6(9)2-3-7(5)8(10)11;1-5-7(3,4)6-2/h2-4,9H,1H3;1-2H3,(H,3,4)/p-1. The third-order valence-corrected chi connectivity index (χ3v) is 2.72. The number of rotatable bonds is 3. The summed E-state index contributed by atoms with van der Waals surface area (Å²) in [5.41, 5.74) is 0.498. The molecule has 0 saturated heterocycles. The number of hydrogen-bond donors (Lipinski definition) is 1. The van der Waals surface area contributed by atoms with Gasteiger partial charge in [-0.05, 0) is 19.1 Å². The van der Waals surface area contributed by atoms with Crippen LogP contribution in [0.3, 0.4) is 0 Å². The minimum absolute atomic E-state index is 0.0304. The number of aromatic hydroxyl groups is 1. The maximum atomic E-state index is 10.3. The summed E-state index contributed by atoms with van der Waals surface area (Å²) in [6.45, 7) is 1.58. The molecule has 1 N–H and O–H groups in total. The lowest BCUT2D eigenvalue weighted by Gasteiger charge is -2.16. The van der Waals surface area contributed by atoms with Crippen molar-refractivity contribution in [3.8, 4) is 5.75 Å². The third-order valence-electron chi connectivity index (χ3n) is 1.82. The van der Waals surface area contributed by atoms with E-state index in [0.717, 1.165) is 14.2 Å². The zero-order valence-corrected chi connectivity index (χ0v) is 10.9. The SMILES string of the molecule is COP(=O)([O-])OC.Cc1cc(O)ccc1[N+](=O)[O-]. The maximum Gasteiger partial charge on any atom is 0.272 e. The first-order chi connectivity index (χ1) is 8.23. The van der Waals surface area contributed by atoms with E-state index in [-0.39, 0.29) is 11.4 Å². The summed E-state index contributed by atoms with van der Waals surface area (Å²) in [5.74, 6) is 0.0492. The van der Waals surface area contributed by atoms with Gasteiger partial charge in [-0.2, -0.15) is 0 Å². The zero-order valence-electron chi connectivity index (χ0n) is 10.0. The molecule has 102 valence electrons. The van der Waals surface area contributed by atoms with Crippen molar-refractivity contribution >= 4 is 13.5 Å². The average molecular weight is 278 g/mol. The smallest absolute Gasteiger partial charge is 0.272 e. The van der Waals surface area contributed by atoms with Gasteiger partial charge in [-0.1, -0.05) is 0 Å². The van der Waals surface area contributed by atoms with Gasteiger partial charge in [0, 0.05) is 25.8 Å². The lowest BCUT2D eigenvalue weighted by Crippen LogP contribution is -2.02. The van der Waals surface area contributed by atoms with Gasteiger partial charge in [0.1, 0.15) is 5.75 Å². The van der Waals surface area contributed by atoms with E-state index in [0.29, 0.717) is 5.56 Å². The topological polar surface area (TPSA) is 122 Å². The summed E-state index contributed by atoms with van der Waals surface area (Å²) >= 11 is 0. The fourth-order valence-electron chi connectivity index (χ4n) is 0.919. The number of nitrogens with zero attached hydrogens (tertiary/aromatic N) is 1. The van der Waals surface area contributed by atoms with E-state index in [1.165, 1.54) is 18.2 Å². The Morgan fingerprint density at radius 2 is 1.83 bits per heavy atom. The van der Waals surface area contributed by atoms with E-state index in [2.05, 4.69) is 9.05 Å². The first kappa shape index (κ1) is 16.5. The van der Waals surface area contributed by atoms with Crippen LogP contribution in [0.2, 0.25) is 0 Å². The van der Waals surface area contributed by atoms with Crippen LogP contribution < -0.4 is 4.89 Å². The Hall–Kier alpha value is -1.47. The molecule has 1 aromatic rings. The van der Waals surface area contributed by atoms with Gasteiger partial charge in [0.05, 0.1) is 4.92 Å². The second-order valence-corrected chi connectivity index (χ2v) is 4.66. The highest BCUT2D eigenvalue weighted by molar-refractivity contribution is 7.45. The molecule has 9 heteroatoms. The second-order valence-electron chi connectivity index (χ2n) is 3.04. The number of aryl methyl sites for hydroxylation is 1. The number of nitro groups is 1. The van der Waals surface area contributed by atoms with Crippen LogP contribution in [0.1, 0.15) is 5.56 Å². The lowest BCUT2D eigenvalue weighted by atomic mass is 10.2. The van der Waals surface area contributed by atoms with E-state index >= 15 is 0 Å². The highest BCUT2D eigenvalue weighted by Gasteiger charge is 2.08. The summed E-state index contributed by atoms with van der Waals surface area (Å²) in [7, 11) is -1.83. The molecule has 0 atom stereocenters. The minimum Gasteiger partial charge on any atom is -0.756 e. The van der Waals surface area contributed by atoms with Gasteiger partial charge in [0.15, 0.2) is 0 Å². The van der Waals surface area contributed by atoms with Crippen LogP contribution in [0.15, 0.2) is 18.2 Å². The Kier molecular flexibility index (Phi) is 6.50. The van der Waals surface area contributed by atoms with Gasteiger partial charge in [-0.3, -0.25) is 14.7 Å². The molecule has 0 bridgehead atoms. The molecular weight excluding hydrogens is 265 g/mol. The van der Waals surface area contributed by atoms with Gasteiger partial charge in [0.2, 0.25) is 0 Å². The van der Waals surface area contributed by atoms with Gasteiger partial charge in [0.25, 0.3) is 13.5 Å². The normalized spacial score (nSPS) is 10.4. The molecule has 18 heavy (non-hydrogen) atoms. The van der Waals surface area contributed by atoms with Crippen molar-refractivity contribution in [3.63, 3.8) is 0 Å². The monoisotopic (exact) mass is 278 g/mol. The molecule has 1 rings (SSSR count). The van der Waals surface area contributed by atoms with Crippen LogP contribution in [-0.4, -0.2) is 24.2 Å². The molecule has 0 radical (unpaired) electrons. The van der Waals surface area contributed by atoms with Crippen LogP contribution in [-0.2, 0) is 13.6 Å². The highest BCUT2D eigenvalue weighted by atomic mass is 31.2. The molecule has 0 aliphatic heterocycles.